The van der Waals surface area contributed by atoms with Gasteiger partial charge in [-0.05, 0) is 114 Å². The minimum absolute atomic E-state index is 0. The molecule has 2 aliphatic rings. The van der Waals surface area contributed by atoms with Crippen molar-refractivity contribution < 1.29 is 31.9 Å². The topological polar surface area (TPSA) is 40.5 Å². The van der Waals surface area contributed by atoms with Crippen LogP contribution >= 0.6 is 12.4 Å². The highest BCUT2D eigenvalue weighted by Gasteiger charge is 2.34. The maximum atomic E-state index is 13.9. The summed E-state index contributed by atoms with van der Waals surface area (Å²) in [5, 5.41) is 9.58. The molecule has 1 N–H and O–H groups in total. The third-order valence-corrected chi connectivity index (χ3v) is 8.56. The van der Waals surface area contributed by atoms with Crippen LogP contribution in [0.2, 0.25) is 0 Å². The van der Waals surface area contributed by atoms with Gasteiger partial charge < -0.3 is 10.0 Å². The lowest BCUT2D eigenvalue weighted by Gasteiger charge is -2.20. The zero-order valence-electron chi connectivity index (χ0n) is 23.9. The number of rotatable bonds is 8. The zero-order chi connectivity index (χ0) is 30.0. The summed E-state index contributed by atoms with van der Waals surface area (Å²) in [6, 6.07) is 17.4. The van der Waals surface area contributed by atoms with Crippen molar-refractivity contribution in [1.29, 1.82) is 0 Å². The largest absolute Gasteiger partial charge is 0.478 e. The van der Waals surface area contributed by atoms with Gasteiger partial charge in [0.2, 0.25) is 6.43 Å². The van der Waals surface area contributed by atoms with Crippen LogP contribution in [0.5, 0.6) is 0 Å². The molecule has 0 radical (unpaired) electrons. The first-order chi connectivity index (χ1) is 20.0. The number of hydrogen-bond donors (Lipinski definition) is 1. The molecule has 3 aromatic carbocycles. The molecular weight excluding hydrogens is 585 g/mol. The summed E-state index contributed by atoms with van der Waals surface area (Å²) < 4.78 is 66.8. The maximum Gasteiger partial charge on any atom is 0.416 e. The number of carbonyl (C=O) groups is 1. The Hall–Kier alpha value is -3.23. The standard InChI is InChI=1S/C34H34F5NO2.ClH/c1-21-27(5-3-7-30(21)34(37,38)39)29-6-2-4-25-19-26(33(41)42)12-13-28(25)32(29)24-10-8-22(9-11-24)18-23-14-16-40(20-23)17-15-31(35)36;/h3,5,7-13,19,23,31H,2,4,6,14-18,20H2,1H3,(H,41,42);1H. The summed E-state index contributed by atoms with van der Waals surface area (Å²) in [4.78, 5) is 13.8. The van der Waals surface area contributed by atoms with E-state index < -0.39 is 24.1 Å². The molecule has 9 heteroatoms. The van der Waals surface area contributed by atoms with Crippen LogP contribution in [0.4, 0.5) is 22.0 Å². The SMILES string of the molecule is Cc1c(C2=C(c3ccc(CC4CCN(CCC(F)F)C4)cc3)c3ccc(C(=O)O)cc3CCC2)cccc1C(F)(F)F.Cl. The number of hydrogen-bond acceptors (Lipinski definition) is 2. The molecule has 0 saturated carbocycles. The van der Waals surface area contributed by atoms with Crippen molar-refractivity contribution in [1.82, 2.24) is 4.90 Å². The van der Waals surface area contributed by atoms with Crippen LogP contribution in [0.25, 0.3) is 11.1 Å². The van der Waals surface area contributed by atoms with Crippen LogP contribution in [-0.4, -0.2) is 42.0 Å². The second-order valence-electron chi connectivity index (χ2n) is 11.4. The number of fused-ring (bicyclic) bond motifs is 1. The Bertz CT molecular complexity index is 1480. The third-order valence-electron chi connectivity index (χ3n) is 8.56. The molecule has 1 saturated heterocycles. The predicted molar refractivity (Wildman–Crippen MR) is 161 cm³/mol. The number of carboxylic acid groups (broad SMARTS) is 1. The molecule has 0 aromatic heterocycles. The van der Waals surface area contributed by atoms with E-state index >= 15 is 0 Å². The van der Waals surface area contributed by atoms with E-state index in [9.17, 15) is 31.9 Å². The molecule has 1 unspecified atom stereocenters. The van der Waals surface area contributed by atoms with Gasteiger partial charge in [-0.15, -0.1) is 12.4 Å². The minimum Gasteiger partial charge on any atom is -0.478 e. The van der Waals surface area contributed by atoms with Crippen LogP contribution < -0.4 is 0 Å². The van der Waals surface area contributed by atoms with E-state index in [2.05, 4.69) is 4.90 Å². The van der Waals surface area contributed by atoms with Crippen molar-refractivity contribution in [2.75, 3.05) is 19.6 Å². The van der Waals surface area contributed by atoms with E-state index in [1.54, 1.807) is 24.3 Å². The number of likely N-dealkylation sites (tertiary alicyclic amines) is 1. The first kappa shape index (κ1) is 32.7. The lowest BCUT2D eigenvalue weighted by atomic mass is 9.84. The number of carboxylic acids is 1. The quantitative estimate of drug-likeness (QED) is 0.256. The molecule has 1 fully saturated rings. The van der Waals surface area contributed by atoms with Crippen LogP contribution in [0.15, 0.2) is 60.7 Å². The van der Waals surface area contributed by atoms with Gasteiger partial charge >= 0.3 is 12.1 Å². The van der Waals surface area contributed by atoms with Crippen molar-refractivity contribution in [2.45, 2.75) is 58.1 Å². The van der Waals surface area contributed by atoms with Gasteiger partial charge in [0.05, 0.1) is 11.1 Å². The van der Waals surface area contributed by atoms with Gasteiger partial charge in [0.25, 0.3) is 0 Å². The van der Waals surface area contributed by atoms with E-state index in [1.807, 2.05) is 24.3 Å². The number of halogens is 6. The smallest absolute Gasteiger partial charge is 0.416 e. The number of aryl methyl sites for hydroxylation is 1. The lowest BCUT2D eigenvalue weighted by molar-refractivity contribution is -0.138. The van der Waals surface area contributed by atoms with Crippen molar-refractivity contribution in [3.05, 3.63) is 105 Å². The normalized spacial score (nSPS) is 17.5. The van der Waals surface area contributed by atoms with Crippen LogP contribution in [0.1, 0.15) is 75.0 Å². The van der Waals surface area contributed by atoms with E-state index in [-0.39, 0.29) is 30.0 Å². The average molecular weight is 620 g/mol. The number of benzene rings is 3. The summed E-state index contributed by atoms with van der Waals surface area (Å²) in [7, 11) is 0. The number of nitrogens with zero attached hydrogens (tertiary/aromatic N) is 1. The van der Waals surface area contributed by atoms with Crippen molar-refractivity contribution in [3.63, 3.8) is 0 Å². The predicted octanol–water partition coefficient (Wildman–Crippen LogP) is 8.95. The van der Waals surface area contributed by atoms with Crippen LogP contribution in [0, 0.1) is 12.8 Å². The number of allylic oxidation sites excluding steroid dienone is 1. The van der Waals surface area contributed by atoms with Gasteiger partial charge in [-0.1, -0.05) is 42.5 Å². The Balaban J connectivity index is 0.00000423. The van der Waals surface area contributed by atoms with E-state index in [4.69, 9.17) is 0 Å². The van der Waals surface area contributed by atoms with Gasteiger partial charge in [-0.25, -0.2) is 13.6 Å². The summed E-state index contributed by atoms with van der Waals surface area (Å²) in [5.41, 5.74) is 5.57. The van der Waals surface area contributed by atoms with Crippen molar-refractivity contribution >= 4 is 29.5 Å². The Morgan fingerprint density at radius 1 is 1.02 bits per heavy atom. The van der Waals surface area contributed by atoms with Crippen molar-refractivity contribution in [3.8, 4) is 0 Å². The Morgan fingerprint density at radius 3 is 2.44 bits per heavy atom. The summed E-state index contributed by atoms with van der Waals surface area (Å²) in [6.07, 6.45) is -3.27. The number of alkyl halides is 5. The minimum atomic E-state index is -4.48. The second-order valence-corrected chi connectivity index (χ2v) is 11.4. The van der Waals surface area contributed by atoms with Crippen LogP contribution in [0.3, 0.4) is 0 Å². The molecule has 1 atom stereocenters. The molecule has 0 bridgehead atoms. The molecule has 230 valence electrons. The van der Waals surface area contributed by atoms with E-state index in [1.165, 1.54) is 13.0 Å². The Kier molecular flexibility index (Phi) is 10.3. The van der Waals surface area contributed by atoms with Gasteiger partial charge in [0.15, 0.2) is 0 Å². The summed E-state index contributed by atoms with van der Waals surface area (Å²) >= 11 is 0. The first-order valence-corrected chi connectivity index (χ1v) is 14.4. The molecule has 0 spiro atoms. The first-order valence-electron chi connectivity index (χ1n) is 14.4. The van der Waals surface area contributed by atoms with Gasteiger partial charge in [-0.2, -0.15) is 13.2 Å². The average Bonchev–Trinajstić information content (AvgIpc) is 3.30. The highest BCUT2D eigenvalue weighted by Crippen LogP contribution is 2.43. The lowest BCUT2D eigenvalue weighted by Crippen LogP contribution is -2.23. The zero-order valence-corrected chi connectivity index (χ0v) is 24.7. The molecule has 5 rings (SSSR count). The Morgan fingerprint density at radius 2 is 1.77 bits per heavy atom. The fourth-order valence-corrected chi connectivity index (χ4v) is 6.49. The second kappa shape index (κ2) is 13.6. The molecule has 3 nitrogen and oxygen atoms in total. The molecule has 1 heterocycles. The molecule has 3 aromatic rings. The molecule has 43 heavy (non-hydrogen) atoms. The van der Waals surface area contributed by atoms with Gasteiger partial charge in [-0.3, -0.25) is 0 Å². The van der Waals surface area contributed by atoms with Crippen molar-refractivity contribution in [2.24, 2.45) is 5.92 Å². The molecule has 0 amide bonds. The highest BCUT2D eigenvalue weighted by molar-refractivity contribution is 6.01. The summed E-state index contributed by atoms with van der Waals surface area (Å²) in [6.45, 7) is 3.52. The van der Waals surface area contributed by atoms with Crippen LogP contribution in [-0.2, 0) is 19.0 Å². The van der Waals surface area contributed by atoms with E-state index in [0.717, 1.165) is 65.4 Å². The Labute approximate surface area is 254 Å². The molecule has 1 aliphatic carbocycles. The number of aromatic carboxylic acids is 1. The van der Waals surface area contributed by atoms with Gasteiger partial charge in [0, 0.05) is 19.5 Å². The van der Waals surface area contributed by atoms with Gasteiger partial charge in [0.1, 0.15) is 0 Å². The van der Waals surface area contributed by atoms with E-state index in [0.29, 0.717) is 37.3 Å². The third kappa shape index (κ3) is 7.47. The molecule has 1 aliphatic heterocycles. The molecular formula is C34H35ClF5NO2. The fourth-order valence-electron chi connectivity index (χ4n) is 6.49. The highest BCUT2D eigenvalue weighted by atomic mass is 35.5. The maximum absolute atomic E-state index is 13.9. The summed E-state index contributed by atoms with van der Waals surface area (Å²) in [5.74, 6) is -0.644. The monoisotopic (exact) mass is 619 g/mol. The fraction of sp³-hybridized carbons (Fsp3) is 0.382.